The number of rotatable bonds is 7. The van der Waals surface area contributed by atoms with Gasteiger partial charge in [0.15, 0.2) is 5.16 Å². The molecule has 2 heterocycles. The molecule has 6 nitrogen and oxygen atoms in total. The van der Waals surface area contributed by atoms with Crippen LogP contribution in [-0.2, 0) is 11.8 Å². The zero-order chi connectivity index (χ0) is 19.4. The quantitative estimate of drug-likeness (QED) is 0.393. The van der Waals surface area contributed by atoms with E-state index in [2.05, 4.69) is 20.9 Å². The standard InChI is InChI=1S/C18H18BrN3O3S2/c1-21(8-9-25-13-5-3-12(19)4-6-13)15(23)11-27-18-20-16-14(7-10-26-16)17(24)22(18)2/h3-7,10H,8-9,11H2,1-2H3. The van der Waals surface area contributed by atoms with E-state index < -0.39 is 0 Å². The van der Waals surface area contributed by atoms with E-state index >= 15 is 0 Å². The molecular weight excluding hydrogens is 450 g/mol. The topological polar surface area (TPSA) is 64.4 Å². The number of halogens is 1. The van der Waals surface area contributed by atoms with Gasteiger partial charge in [0.25, 0.3) is 5.56 Å². The van der Waals surface area contributed by atoms with Gasteiger partial charge in [-0.1, -0.05) is 27.7 Å². The Balaban J connectivity index is 1.52. The van der Waals surface area contributed by atoms with Crippen molar-refractivity contribution in [2.75, 3.05) is 26.0 Å². The van der Waals surface area contributed by atoms with E-state index in [0.29, 0.717) is 28.5 Å². The van der Waals surface area contributed by atoms with E-state index in [4.69, 9.17) is 4.74 Å². The van der Waals surface area contributed by atoms with Crippen molar-refractivity contribution in [2.24, 2.45) is 7.05 Å². The molecule has 1 amide bonds. The number of likely N-dealkylation sites (N-methyl/N-ethyl adjacent to an activating group) is 1. The van der Waals surface area contributed by atoms with E-state index in [1.54, 1.807) is 25.1 Å². The number of amides is 1. The lowest BCUT2D eigenvalue weighted by molar-refractivity contribution is -0.127. The van der Waals surface area contributed by atoms with Gasteiger partial charge in [0.1, 0.15) is 17.2 Å². The van der Waals surface area contributed by atoms with Crippen LogP contribution in [0.4, 0.5) is 0 Å². The third-order valence-corrected chi connectivity index (χ3v) is 6.27. The summed E-state index contributed by atoms with van der Waals surface area (Å²) in [6.45, 7) is 0.887. The molecule has 0 aliphatic rings. The summed E-state index contributed by atoms with van der Waals surface area (Å²) in [5, 5.41) is 3.00. The predicted octanol–water partition coefficient (Wildman–Crippen LogP) is 3.39. The van der Waals surface area contributed by atoms with Crippen molar-refractivity contribution in [3.8, 4) is 5.75 Å². The van der Waals surface area contributed by atoms with Crippen LogP contribution in [0.3, 0.4) is 0 Å². The molecule has 0 fully saturated rings. The van der Waals surface area contributed by atoms with Gasteiger partial charge in [-0.05, 0) is 35.7 Å². The second kappa shape index (κ2) is 8.90. The summed E-state index contributed by atoms with van der Waals surface area (Å²) in [4.78, 5) is 31.4. The number of benzene rings is 1. The highest BCUT2D eigenvalue weighted by molar-refractivity contribution is 9.10. The molecule has 0 aliphatic heterocycles. The van der Waals surface area contributed by atoms with Crippen LogP contribution in [0.25, 0.3) is 10.2 Å². The second-order valence-electron chi connectivity index (χ2n) is 5.80. The molecule has 0 N–H and O–H groups in total. The van der Waals surface area contributed by atoms with Crippen molar-refractivity contribution in [2.45, 2.75) is 5.16 Å². The number of thioether (sulfide) groups is 1. The highest BCUT2D eigenvalue weighted by Gasteiger charge is 2.14. The fraction of sp³-hybridized carbons (Fsp3) is 0.278. The largest absolute Gasteiger partial charge is 0.492 e. The van der Waals surface area contributed by atoms with E-state index in [1.807, 2.05) is 29.6 Å². The van der Waals surface area contributed by atoms with E-state index in [-0.39, 0.29) is 17.2 Å². The maximum Gasteiger partial charge on any atom is 0.262 e. The summed E-state index contributed by atoms with van der Waals surface area (Å²) in [6.07, 6.45) is 0. The first kappa shape index (κ1) is 19.9. The lowest BCUT2D eigenvalue weighted by Crippen LogP contribution is -2.32. The highest BCUT2D eigenvalue weighted by atomic mass is 79.9. The molecule has 0 saturated heterocycles. The molecule has 0 aliphatic carbocycles. The Kier molecular flexibility index (Phi) is 6.56. The summed E-state index contributed by atoms with van der Waals surface area (Å²) in [5.41, 5.74) is -0.0903. The Hall–Kier alpha value is -1.84. The van der Waals surface area contributed by atoms with Crippen LogP contribution in [0.2, 0.25) is 0 Å². The second-order valence-corrected chi connectivity index (χ2v) is 8.56. The average molecular weight is 468 g/mol. The van der Waals surface area contributed by atoms with Gasteiger partial charge in [-0.15, -0.1) is 11.3 Å². The Bertz CT molecular complexity index is 1000. The SMILES string of the molecule is CN(CCOc1ccc(Br)cc1)C(=O)CSc1nc2sccc2c(=O)n1C. The van der Waals surface area contributed by atoms with Gasteiger partial charge in [-0.3, -0.25) is 14.2 Å². The van der Waals surface area contributed by atoms with Crippen LogP contribution < -0.4 is 10.3 Å². The van der Waals surface area contributed by atoms with Gasteiger partial charge < -0.3 is 9.64 Å². The average Bonchev–Trinajstić information content (AvgIpc) is 3.13. The summed E-state index contributed by atoms with van der Waals surface area (Å²) in [5.74, 6) is 0.933. The minimum absolute atomic E-state index is 0.0417. The third kappa shape index (κ3) is 4.91. The van der Waals surface area contributed by atoms with Crippen LogP contribution in [0, 0.1) is 0 Å². The number of thiophene rings is 1. The smallest absolute Gasteiger partial charge is 0.262 e. The number of carbonyl (C=O) groups is 1. The Morgan fingerprint density at radius 2 is 2.07 bits per heavy atom. The van der Waals surface area contributed by atoms with Gasteiger partial charge in [0.05, 0.1) is 17.7 Å². The van der Waals surface area contributed by atoms with Gasteiger partial charge in [-0.2, -0.15) is 0 Å². The Morgan fingerprint density at radius 1 is 1.33 bits per heavy atom. The lowest BCUT2D eigenvalue weighted by atomic mass is 10.3. The van der Waals surface area contributed by atoms with Crippen LogP contribution in [-0.4, -0.2) is 46.3 Å². The zero-order valence-corrected chi connectivity index (χ0v) is 18.1. The molecule has 0 bridgehead atoms. The number of carbonyl (C=O) groups excluding carboxylic acids is 1. The first-order valence-electron chi connectivity index (χ1n) is 8.15. The van der Waals surface area contributed by atoms with Crippen molar-refractivity contribution in [1.82, 2.24) is 14.5 Å². The van der Waals surface area contributed by atoms with E-state index in [1.165, 1.54) is 27.7 Å². The van der Waals surface area contributed by atoms with Crippen LogP contribution in [0.1, 0.15) is 0 Å². The molecule has 0 saturated carbocycles. The van der Waals surface area contributed by atoms with Crippen LogP contribution in [0.5, 0.6) is 5.75 Å². The van der Waals surface area contributed by atoms with Crippen molar-refractivity contribution >= 4 is 55.2 Å². The molecule has 0 atom stereocenters. The van der Waals surface area contributed by atoms with E-state index in [0.717, 1.165) is 10.2 Å². The molecule has 2 aromatic heterocycles. The molecule has 3 aromatic rings. The normalized spacial score (nSPS) is 10.9. The van der Waals surface area contributed by atoms with Crippen LogP contribution >= 0.6 is 39.0 Å². The first-order valence-corrected chi connectivity index (χ1v) is 10.8. The first-order chi connectivity index (χ1) is 13.0. The Labute approximate surface area is 173 Å². The van der Waals surface area contributed by atoms with Gasteiger partial charge in [0, 0.05) is 18.6 Å². The summed E-state index contributed by atoms with van der Waals surface area (Å²) >= 11 is 6.07. The monoisotopic (exact) mass is 467 g/mol. The molecule has 0 radical (unpaired) electrons. The van der Waals surface area contributed by atoms with Crippen LogP contribution in [0.15, 0.2) is 50.1 Å². The van der Waals surface area contributed by atoms with Gasteiger partial charge in [0.2, 0.25) is 5.91 Å². The molecule has 0 unspecified atom stereocenters. The Morgan fingerprint density at radius 3 is 2.81 bits per heavy atom. The van der Waals surface area contributed by atoms with Crippen molar-refractivity contribution < 1.29 is 9.53 Å². The maximum atomic E-state index is 12.3. The predicted molar refractivity (Wildman–Crippen MR) is 113 cm³/mol. The number of ether oxygens (including phenoxy) is 1. The number of nitrogens with zero attached hydrogens (tertiary/aromatic N) is 3. The van der Waals surface area contributed by atoms with E-state index in [9.17, 15) is 9.59 Å². The number of hydrogen-bond acceptors (Lipinski definition) is 6. The van der Waals surface area contributed by atoms with Crippen molar-refractivity contribution in [1.29, 1.82) is 0 Å². The molecule has 142 valence electrons. The van der Waals surface area contributed by atoms with Crippen molar-refractivity contribution in [3.63, 3.8) is 0 Å². The summed E-state index contributed by atoms with van der Waals surface area (Å²) in [6, 6.07) is 9.32. The number of aromatic nitrogens is 2. The maximum absolute atomic E-state index is 12.3. The van der Waals surface area contributed by atoms with Gasteiger partial charge >= 0.3 is 0 Å². The molecule has 1 aromatic carbocycles. The molecule has 9 heteroatoms. The zero-order valence-electron chi connectivity index (χ0n) is 14.8. The van der Waals surface area contributed by atoms with Crippen molar-refractivity contribution in [3.05, 3.63) is 50.5 Å². The number of hydrogen-bond donors (Lipinski definition) is 0. The minimum Gasteiger partial charge on any atom is -0.492 e. The molecule has 0 spiro atoms. The molecule has 3 rings (SSSR count). The fourth-order valence-electron chi connectivity index (χ4n) is 2.30. The lowest BCUT2D eigenvalue weighted by Gasteiger charge is -2.17. The molecule has 27 heavy (non-hydrogen) atoms. The van der Waals surface area contributed by atoms with Gasteiger partial charge in [-0.25, -0.2) is 4.98 Å². The highest BCUT2D eigenvalue weighted by Crippen LogP contribution is 2.20. The summed E-state index contributed by atoms with van der Waals surface area (Å²) < 4.78 is 8.12. The molecular formula is C18H18BrN3O3S2. The minimum atomic E-state index is -0.0903. The summed E-state index contributed by atoms with van der Waals surface area (Å²) in [7, 11) is 3.41. The number of fused-ring (bicyclic) bond motifs is 1. The third-order valence-electron chi connectivity index (χ3n) is 3.92. The fourth-order valence-corrected chi connectivity index (χ4v) is 4.28.